The van der Waals surface area contributed by atoms with Gasteiger partial charge < -0.3 is 0 Å². The first-order chi connectivity index (χ1) is 14.1. The second kappa shape index (κ2) is 10.4. The van der Waals surface area contributed by atoms with Crippen LogP contribution in [0.3, 0.4) is 0 Å². The lowest BCUT2D eigenvalue weighted by Gasteiger charge is -2.28. The molecule has 0 amide bonds. The lowest BCUT2D eigenvalue weighted by Crippen LogP contribution is -2.31. The number of nitrogens with one attached hydrogen (secondary N) is 1. The maximum absolute atomic E-state index is 12.7. The van der Waals surface area contributed by atoms with Crippen molar-refractivity contribution >= 4 is 33.2 Å². The molecule has 0 saturated heterocycles. The minimum atomic E-state index is -3.49. The molecular formula is C24H29ClN2O2S. The van der Waals surface area contributed by atoms with E-state index in [1.165, 1.54) is 11.1 Å². The maximum Gasteiger partial charge on any atom is 0.241 e. The molecule has 0 fully saturated rings. The molecule has 0 aromatic heterocycles. The van der Waals surface area contributed by atoms with E-state index in [9.17, 15) is 8.42 Å². The summed E-state index contributed by atoms with van der Waals surface area (Å²) < 4.78 is 28.2. The van der Waals surface area contributed by atoms with Gasteiger partial charge in [-0.25, -0.2) is 13.1 Å². The molecular weight excluding hydrogens is 416 g/mol. The van der Waals surface area contributed by atoms with Crippen LogP contribution >= 0.6 is 12.4 Å². The Balaban J connectivity index is 0.00000256. The van der Waals surface area contributed by atoms with Crippen LogP contribution in [0.15, 0.2) is 71.6 Å². The van der Waals surface area contributed by atoms with Gasteiger partial charge >= 0.3 is 0 Å². The van der Waals surface area contributed by atoms with E-state index < -0.39 is 10.0 Å². The van der Waals surface area contributed by atoms with Gasteiger partial charge in [0, 0.05) is 25.0 Å². The number of unbranched alkanes of at least 4 members (excludes halogenated alkanes) is 2. The number of hydrogen-bond acceptors (Lipinski definition) is 3. The zero-order chi connectivity index (χ0) is 20.1. The van der Waals surface area contributed by atoms with Crippen molar-refractivity contribution < 1.29 is 8.42 Å². The van der Waals surface area contributed by atoms with E-state index in [-0.39, 0.29) is 12.4 Å². The van der Waals surface area contributed by atoms with Crippen LogP contribution in [0, 0.1) is 0 Å². The average molecular weight is 445 g/mol. The van der Waals surface area contributed by atoms with Crippen molar-refractivity contribution in [3.63, 3.8) is 0 Å². The topological polar surface area (TPSA) is 49.4 Å². The summed E-state index contributed by atoms with van der Waals surface area (Å²) in [5.41, 5.74) is 2.92. The minimum absolute atomic E-state index is 0. The molecule has 4 nitrogen and oxygen atoms in total. The highest BCUT2D eigenvalue weighted by Crippen LogP contribution is 2.22. The molecule has 1 heterocycles. The third-order valence-electron chi connectivity index (χ3n) is 5.69. The molecule has 1 aliphatic heterocycles. The molecule has 6 heteroatoms. The molecule has 0 spiro atoms. The summed E-state index contributed by atoms with van der Waals surface area (Å²) in [5.74, 6) is 0. The molecule has 0 atom stereocenters. The van der Waals surface area contributed by atoms with Crippen molar-refractivity contribution in [3.05, 3.63) is 77.9 Å². The van der Waals surface area contributed by atoms with E-state index in [4.69, 9.17) is 0 Å². The molecule has 0 saturated carbocycles. The number of sulfonamides is 1. The lowest BCUT2D eigenvalue weighted by molar-refractivity contribution is 0.248. The SMILES string of the molecule is Cl.O=S(=O)(NCCCCCN1CCc2ccccc2C1)c1cccc2ccccc12. The van der Waals surface area contributed by atoms with E-state index >= 15 is 0 Å². The first-order valence-electron chi connectivity index (χ1n) is 10.4. The molecule has 3 aromatic rings. The van der Waals surface area contributed by atoms with E-state index in [2.05, 4.69) is 33.9 Å². The average Bonchev–Trinajstić information content (AvgIpc) is 2.75. The Bertz CT molecular complexity index is 1080. The lowest BCUT2D eigenvalue weighted by atomic mass is 10.00. The van der Waals surface area contributed by atoms with Crippen molar-refractivity contribution in [2.75, 3.05) is 19.6 Å². The van der Waals surface area contributed by atoms with Gasteiger partial charge in [0.05, 0.1) is 4.90 Å². The van der Waals surface area contributed by atoms with Crippen LogP contribution in [0.4, 0.5) is 0 Å². The van der Waals surface area contributed by atoms with Gasteiger partial charge in [-0.15, -0.1) is 12.4 Å². The predicted molar refractivity (Wildman–Crippen MR) is 126 cm³/mol. The first-order valence-corrected chi connectivity index (χ1v) is 11.9. The second-order valence-corrected chi connectivity index (χ2v) is 9.47. The Morgan fingerprint density at radius 3 is 2.43 bits per heavy atom. The highest BCUT2D eigenvalue weighted by molar-refractivity contribution is 7.89. The molecule has 0 unspecified atom stereocenters. The van der Waals surface area contributed by atoms with Gasteiger partial charge in [0.25, 0.3) is 0 Å². The largest absolute Gasteiger partial charge is 0.299 e. The van der Waals surface area contributed by atoms with Crippen LogP contribution < -0.4 is 4.72 Å². The summed E-state index contributed by atoms with van der Waals surface area (Å²) in [6.07, 6.45) is 4.10. The number of nitrogens with zero attached hydrogens (tertiary/aromatic N) is 1. The fraction of sp³-hybridized carbons (Fsp3) is 0.333. The molecule has 0 radical (unpaired) electrons. The number of rotatable bonds is 8. The van der Waals surface area contributed by atoms with Gasteiger partial charge in [-0.2, -0.15) is 0 Å². The second-order valence-electron chi connectivity index (χ2n) is 7.73. The smallest absolute Gasteiger partial charge is 0.241 e. The van der Waals surface area contributed by atoms with Crippen molar-refractivity contribution in [2.24, 2.45) is 0 Å². The summed E-state index contributed by atoms with van der Waals surface area (Å²) in [6.45, 7) is 3.70. The van der Waals surface area contributed by atoms with Crippen molar-refractivity contribution in [2.45, 2.75) is 37.1 Å². The monoisotopic (exact) mass is 444 g/mol. The van der Waals surface area contributed by atoms with Gasteiger partial charge in [-0.1, -0.05) is 67.1 Å². The Morgan fingerprint density at radius 1 is 0.833 bits per heavy atom. The van der Waals surface area contributed by atoms with Crippen LogP contribution in [0.2, 0.25) is 0 Å². The van der Waals surface area contributed by atoms with Crippen LogP contribution in [0.1, 0.15) is 30.4 Å². The van der Waals surface area contributed by atoms with Crippen LogP contribution in [0.25, 0.3) is 10.8 Å². The Hall–Kier alpha value is -1.92. The van der Waals surface area contributed by atoms with Crippen molar-refractivity contribution in [1.29, 1.82) is 0 Å². The van der Waals surface area contributed by atoms with Crippen LogP contribution in [0.5, 0.6) is 0 Å². The van der Waals surface area contributed by atoms with E-state index in [0.29, 0.717) is 11.4 Å². The van der Waals surface area contributed by atoms with E-state index in [1.54, 1.807) is 12.1 Å². The highest BCUT2D eigenvalue weighted by Gasteiger charge is 2.17. The van der Waals surface area contributed by atoms with E-state index in [0.717, 1.165) is 56.1 Å². The third-order valence-corrected chi connectivity index (χ3v) is 7.21. The molecule has 4 rings (SSSR count). The summed E-state index contributed by atoms with van der Waals surface area (Å²) >= 11 is 0. The van der Waals surface area contributed by atoms with Gasteiger partial charge in [-0.05, 0) is 48.4 Å². The van der Waals surface area contributed by atoms with Gasteiger partial charge in [0.1, 0.15) is 0 Å². The van der Waals surface area contributed by atoms with E-state index in [1.807, 2.05) is 30.3 Å². The number of hydrogen-bond donors (Lipinski definition) is 1. The molecule has 0 bridgehead atoms. The van der Waals surface area contributed by atoms with Crippen molar-refractivity contribution in [3.8, 4) is 0 Å². The summed E-state index contributed by atoms with van der Waals surface area (Å²) in [7, 11) is -3.49. The molecule has 1 aliphatic rings. The number of benzene rings is 3. The molecule has 30 heavy (non-hydrogen) atoms. The van der Waals surface area contributed by atoms with Crippen LogP contribution in [-0.4, -0.2) is 33.0 Å². The van der Waals surface area contributed by atoms with Gasteiger partial charge in [-0.3, -0.25) is 4.90 Å². The number of fused-ring (bicyclic) bond motifs is 2. The fourth-order valence-electron chi connectivity index (χ4n) is 4.10. The summed E-state index contributed by atoms with van der Waals surface area (Å²) in [6, 6.07) is 21.7. The molecule has 1 N–H and O–H groups in total. The minimum Gasteiger partial charge on any atom is -0.299 e. The first kappa shape index (κ1) is 22.8. The molecule has 160 valence electrons. The Kier molecular flexibility index (Phi) is 7.89. The number of halogens is 1. The maximum atomic E-state index is 12.7. The zero-order valence-electron chi connectivity index (χ0n) is 17.1. The summed E-state index contributed by atoms with van der Waals surface area (Å²) in [4.78, 5) is 2.87. The van der Waals surface area contributed by atoms with Crippen molar-refractivity contribution in [1.82, 2.24) is 9.62 Å². The molecule has 3 aromatic carbocycles. The Labute approximate surface area is 185 Å². The Morgan fingerprint density at radius 2 is 1.57 bits per heavy atom. The predicted octanol–water partition coefficient (Wildman–Crippen LogP) is 4.77. The zero-order valence-corrected chi connectivity index (χ0v) is 18.7. The molecule has 0 aliphatic carbocycles. The third kappa shape index (κ3) is 5.41. The standard InChI is InChI=1S/C24H28N2O2S.ClH/c27-29(28,24-14-8-12-21-10-4-5-13-23(21)24)25-16-6-1-7-17-26-18-15-20-9-2-3-11-22(20)19-26;/h2-5,8-14,25H,1,6-7,15-19H2;1H. The fourth-order valence-corrected chi connectivity index (χ4v) is 5.40. The van der Waals surface area contributed by atoms with Crippen LogP contribution in [-0.2, 0) is 23.0 Å². The summed E-state index contributed by atoms with van der Waals surface area (Å²) in [5, 5.41) is 1.71. The van der Waals surface area contributed by atoms with Gasteiger partial charge in [0.15, 0.2) is 0 Å². The highest BCUT2D eigenvalue weighted by atomic mass is 35.5. The normalized spacial score (nSPS) is 14.3. The quantitative estimate of drug-likeness (QED) is 0.509. The van der Waals surface area contributed by atoms with Gasteiger partial charge in [0.2, 0.25) is 10.0 Å².